The van der Waals surface area contributed by atoms with E-state index in [0.29, 0.717) is 22.7 Å². The standard InChI is InChI=1S/C24H31FN2O/c1-17(2)16-26-12-10-21(11-13-26)27(22-9-8-19(4)23(25)15-22)24(28)20-7-5-6-18(3)14-20/h5-9,14-15,17,21H,10-13,16H2,1-4H3. The second-order valence-electron chi connectivity index (χ2n) is 8.40. The van der Waals surface area contributed by atoms with Gasteiger partial charge in [0.05, 0.1) is 0 Å². The van der Waals surface area contributed by atoms with Crippen molar-refractivity contribution in [3.05, 3.63) is 65.0 Å². The van der Waals surface area contributed by atoms with E-state index in [9.17, 15) is 9.18 Å². The number of carbonyl (C=O) groups is 1. The molecule has 0 N–H and O–H groups in total. The minimum Gasteiger partial charge on any atom is -0.305 e. The van der Waals surface area contributed by atoms with Gasteiger partial charge in [0.25, 0.3) is 5.91 Å². The second-order valence-corrected chi connectivity index (χ2v) is 8.40. The molecule has 150 valence electrons. The maximum Gasteiger partial charge on any atom is 0.258 e. The number of hydrogen-bond acceptors (Lipinski definition) is 2. The summed E-state index contributed by atoms with van der Waals surface area (Å²) in [5.74, 6) is 0.318. The highest BCUT2D eigenvalue weighted by molar-refractivity contribution is 6.06. The SMILES string of the molecule is Cc1cccc(C(=O)N(c2ccc(C)c(F)c2)C2CCN(CC(C)C)CC2)c1. The van der Waals surface area contributed by atoms with Gasteiger partial charge in [-0.2, -0.15) is 0 Å². The summed E-state index contributed by atoms with van der Waals surface area (Å²) in [7, 11) is 0. The van der Waals surface area contributed by atoms with Crippen LogP contribution in [0.4, 0.5) is 10.1 Å². The molecule has 1 aliphatic heterocycles. The first-order chi connectivity index (χ1) is 13.3. The number of rotatable bonds is 5. The van der Waals surface area contributed by atoms with Crippen molar-refractivity contribution in [2.75, 3.05) is 24.5 Å². The number of anilines is 1. The average Bonchev–Trinajstić information content (AvgIpc) is 2.65. The summed E-state index contributed by atoms with van der Waals surface area (Å²) in [6, 6.07) is 12.9. The molecule has 28 heavy (non-hydrogen) atoms. The molecular weight excluding hydrogens is 351 g/mol. The molecule has 3 nitrogen and oxygen atoms in total. The van der Waals surface area contributed by atoms with Crippen molar-refractivity contribution in [2.24, 2.45) is 5.92 Å². The topological polar surface area (TPSA) is 23.6 Å². The van der Waals surface area contributed by atoms with Crippen LogP contribution in [0.25, 0.3) is 0 Å². The Kier molecular flexibility index (Phi) is 6.50. The quantitative estimate of drug-likeness (QED) is 0.709. The summed E-state index contributed by atoms with van der Waals surface area (Å²) in [6.45, 7) is 11.2. The molecule has 0 atom stereocenters. The van der Waals surface area contributed by atoms with Gasteiger partial charge in [-0.25, -0.2) is 4.39 Å². The van der Waals surface area contributed by atoms with Crippen molar-refractivity contribution in [3.63, 3.8) is 0 Å². The highest BCUT2D eigenvalue weighted by Crippen LogP contribution is 2.28. The van der Waals surface area contributed by atoms with Crippen LogP contribution in [0, 0.1) is 25.6 Å². The zero-order chi connectivity index (χ0) is 20.3. The predicted octanol–water partition coefficient (Wildman–Crippen LogP) is 5.21. The third-order valence-electron chi connectivity index (χ3n) is 5.46. The normalized spacial score (nSPS) is 15.8. The molecule has 1 fully saturated rings. The van der Waals surface area contributed by atoms with Gasteiger partial charge in [0.1, 0.15) is 5.82 Å². The van der Waals surface area contributed by atoms with E-state index in [0.717, 1.165) is 38.0 Å². The molecule has 0 aliphatic carbocycles. The smallest absolute Gasteiger partial charge is 0.258 e. The molecule has 0 aromatic heterocycles. The maximum atomic E-state index is 14.3. The molecule has 0 saturated carbocycles. The fourth-order valence-electron chi connectivity index (χ4n) is 4.02. The molecule has 1 heterocycles. The monoisotopic (exact) mass is 382 g/mol. The van der Waals surface area contributed by atoms with Gasteiger partial charge in [-0.05, 0) is 62.4 Å². The molecular formula is C24H31FN2O. The van der Waals surface area contributed by atoms with Crippen molar-refractivity contribution in [1.29, 1.82) is 0 Å². The summed E-state index contributed by atoms with van der Waals surface area (Å²) in [5.41, 5.74) is 2.95. The van der Waals surface area contributed by atoms with Crippen LogP contribution in [0.2, 0.25) is 0 Å². The van der Waals surface area contributed by atoms with E-state index in [1.807, 2.05) is 42.2 Å². The van der Waals surface area contributed by atoms with Crippen LogP contribution in [0.5, 0.6) is 0 Å². The zero-order valence-electron chi connectivity index (χ0n) is 17.4. The number of halogens is 1. The van der Waals surface area contributed by atoms with Crippen LogP contribution in [0.3, 0.4) is 0 Å². The van der Waals surface area contributed by atoms with E-state index in [-0.39, 0.29) is 17.8 Å². The Morgan fingerprint density at radius 2 is 1.86 bits per heavy atom. The lowest BCUT2D eigenvalue weighted by Gasteiger charge is -2.39. The molecule has 1 aliphatic rings. The minimum atomic E-state index is -0.267. The van der Waals surface area contributed by atoms with Gasteiger partial charge in [0, 0.05) is 36.9 Å². The van der Waals surface area contributed by atoms with E-state index in [1.165, 1.54) is 6.07 Å². The van der Waals surface area contributed by atoms with E-state index < -0.39 is 0 Å². The number of aryl methyl sites for hydroxylation is 2. The van der Waals surface area contributed by atoms with Crippen molar-refractivity contribution in [3.8, 4) is 0 Å². The lowest BCUT2D eigenvalue weighted by atomic mass is 9.99. The first kappa shape index (κ1) is 20.5. The Labute approximate surface area is 168 Å². The van der Waals surface area contributed by atoms with E-state index in [4.69, 9.17) is 0 Å². The predicted molar refractivity (Wildman–Crippen MR) is 113 cm³/mol. The summed E-state index contributed by atoms with van der Waals surface area (Å²) in [4.78, 5) is 17.7. The maximum absolute atomic E-state index is 14.3. The third kappa shape index (κ3) is 4.79. The third-order valence-corrected chi connectivity index (χ3v) is 5.46. The van der Waals surface area contributed by atoms with E-state index in [2.05, 4.69) is 18.7 Å². The lowest BCUT2D eigenvalue weighted by Crippen LogP contribution is -2.48. The molecule has 0 radical (unpaired) electrons. The molecule has 0 unspecified atom stereocenters. The van der Waals surface area contributed by atoms with Gasteiger partial charge in [-0.3, -0.25) is 4.79 Å². The highest BCUT2D eigenvalue weighted by atomic mass is 19.1. The van der Waals surface area contributed by atoms with Crippen LogP contribution < -0.4 is 4.90 Å². The second kappa shape index (κ2) is 8.87. The number of carbonyl (C=O) groups excluding carboxylic acids is 1. The molecule has 1 saturated heterocycles. The van der Waals surface area contributed by atoms with Crippen LogP contribution >= 0.6 is 0 Å². The Morgan fingerprint density at radius 1 is 1.14 bits per heavy atom. The molecule has 4 heteroatoms. The number of benzene rings is 2. The summed E-state index contributed by atoms with van der Waals surface area (Å²) in [5, 5.41) is 0. The molecule has 1 amide bonds. The van der Waals surface area contributed by atoms with Crippen LogP contribution in [-0.4, -0.2) is 36.5 Å². The van der Waals surface area contributed by atoms with Gasteiger partial charge < -0.3 is 9.80 Å². The van der Waals surface area contributed by atoms with E-state index >= 15 is 0 Å². The lowest BCUT2D eigenvalue weighted by molar-refractivity contribution is 0.0957. The van der Waals surface area contributed by atoms with Crippen molar-refractivity contribution < 1.29 is 9.18 Å². The summed E-state index contributed by atoms with van der Waals surface area (Å²) < 4.78 is 14.3. The van der Waals surface area contributed by atoms with Crippen molar-refractivity contribution in [2.45, 2.75) is 46.6 Å². The van der Waals surface area contributed by atoms with Crippen LogP contribution in [0.1, 0.15) is 48.2 Å². The molecule has 3 rings (SSSR count). The molecule has 0 bridgehead atoms. The Hall–Kier alpha value is -2.20. The highest BCUT2D eigenvalue weighted by Gasteiger charge is 2.30. The molecule has 2 aromatic carbocycles. The Bertz CT molecular complexity index is 825. The number of piperidine rings is 1. The number of hydrogen-bond donors (Lipinski definition) is 0. The van der Waals surface area contributed by atoms with E-state index in [1.54, 1.807) is 13.0 Å². The Morgan fingerprint density at radius 3 is 2.46 bits per heavy atom. The first-order valence-electron chi connectivity index (χ1n) is 10.2. The van der Waals surface area contributed by atoms with Gasteiger partial charge in [-0.1, -0.05) is 37.6 Å². The summed E-state index contributed by atoms with van der Waals surface area (Å²) in [6.07, 6.45) is 1.81. The number of likely N-dealkylation sites (tertiary alicyclic amines) is 1. The number of nitrogens with zero attached hydrogens (tertiary/aromatic N) is 2. The average molecular weight is 383 g/mol. The Balaban J connectivity index is 1.89. The van der Waals surface area contributed by atoms with Crippen LogP contribution in [0.15, 0.2) is 42.5 Å². The molecule has 0 spiro atoms. The van der Waals surface area contributed by atoms with Gasteiger partial charge in [-0.15, -0.1) is 0 Å². The van der Waals surface area contributed by atoms with Crippen molar-refractivity contribution in [1.82, 2.24) is 4.90 Å². The van der Waals surface area contributed by atoms with Crippen LogP contribution in [-0.2, 0) is 0 Å². The fraction of sp³-hybridized carbons (Fsp3) is 0.458. The largest absolute Gasteiger partial charge is 0.305 e. The van der Waals surface area contributed by atoms with Crippen molar-refractivity contribution >= 4 is 11.6 Å². The summed E-state index contributed by atoms with van der Waals surface area (Å²) >= 11 is 0. The first-order valence-corrected chi connectivity index (χ1v) is 10.2. The molecule has 2 aromatic rings. The minimum absolute atomic E-state index is 0.0470. The zero-order valence-corrected chi connectivity index (χ0v) is 17.4. The van der Waals surface area contributed by atoms with Gasteiger partial charge >= 0.3 is 0 Å². The number of amides is 1. The van der Waals surface area contributed by atoms with Gasteiger partial charge in [0.2, 0.25) is 0 Å². The fourth-order valence-corrected chi connectivity index (χ4v) is 4.02. The van der Waals surface area contributed by atoms with Gasteiger partial charge in [0.15, 0.2) is 0 Å².